The van der Waals surface area contributed by atoms with Gasteiger partial charge >= 0.3 is 0 Å². The molecular formula is C30H20Cl2N2O2S. The molecule has 37 heavy (non-hydrogen) atoms. The Morgan fingerprint density at radius 2 is 1.43 bits per heavy atom. The van der Waals surface area contributed by atoms with E-state index >= 15 is 0 Å². The van der Waals surface area contributed by atoms with E-state index < -0.39 is 0 Å². The lowest BCUT2D eigenvalue weighted by molar-refractivity contribution is -0.123. The van der Waals surface area contributed by atoms with Gasteiger partial charge in [0.2, 0.25) is 0 Å². The quantitative estimate of drug-likeness (QED) is 0.209. The molecule has 0 spiro atoms. The van der Waals surface area contributed by atoms with Crippen molar-refractivity contribution in [3.8, 4) is 0 Å². The molecule has 4 aromatic carbocycles. The maximum atomic E-state index is 13.4. The summed E-state index contributed by atoms with van der Waals surface area (Å²) in [5, 5.41) is 4.02. The van der Waals surface area contributed by atoms with Crippen molar-refractivity contribution in [3.63, 3.8) is 0 Å². The van der Waals surface area contributed by atoms with E-state index in [-0.39, 0.29) is 17.7 Å². The first-order valence-electron chi connectivity index (χ1n) is 11.7. The van der Waals surface area contributed by atoms with Crippen LogP contribution in [0.4, 0.5) is 4.79 Å². The molecule has 1 aliphatic rings. The monoisotopic (exact) mass is 542 g/mol. The van der Waals surface area contributed by atoms with Crippen LogP contribution in [0.3, 0.4) is 0 Å². The number of thioether (sulfide) groups is 1. The molecule has 1 aliphatic heterocycles. The number of halogens is 2. The fraction of sp³-hybridized carbons (Fsp3) is 0.0667. The number of para-hydroxylation sites is 1. The molecule has 2 amide bonds. The first-order chi connectivity index (χ1) is 18.0. The number of aromatic nitrogens is 1. The van der Waals surface area contributed by atoms with Crippen LogP contribution in [0.15, 0.2) is 96.0 Å². The number of amides is 2. The zero-order valence-corrected chi connectivity index (χ0v) is 21.9. The van der Waals surface area contributed by atoms with Crippen LogP contribution < -0.4 is 0 Å². The smallest absolute Gasteiger partial charge is 0.293 e. The molecule has 1 saturated heterocycles. The van der Waals surface area contributed by atoms with Gasteiger partial charge in [0.15, 0.2) is 0 Å². The summed E-state index contributed by atoms with van der Waals surface area (Å²) in [4.78, 5) is 28.0. The highest BCUT2D eigenvalue weighted by molar-refractivity contribution is 8.18. The zero-order chi connectivity index (χ0) is 25.5. The van der Waals surface area contributed by atoms with Gasteiger partial charge in [0.05, 0.1) is 18.0 Å². The highest BCUT2D eigenvalue weighted by Crippen LogP contribution is 2.36. The summed E-state index contributed by atoms with van der Waals surface area (Å²) >= 11 is 13.8. The van der Waals surface area contributed by atoms with Crippen LogP contribution in [0.25, 0.3) is 27.8 Å². The van der Waals surface area contributed by atoms with Gasteiger partial charge in [-0.2, -0.15) is 0 Å². The fourth-order valence-corrected chi connectivity index (χ4v) is 6.10. The van der Waals surface area contributed by atoms with Gasteiger partial charge in [0, 0.05) is 38.3 Å². The summed E-state index contributed by atoms with van der Waals surface area (Å²) in [5.74, 6) is -0.283. The lowest BCUT2D eigenvalue weighted by Crippen LogP contribution is -2.27. The van der Waals surface area contributed by atoms with E-state index in [2.05, 4.69) is 4.57 Å². The van der Waals surface area contributed by atoms with Crippen molar-refractivity contribution in [2.45, 2.75) is 13.1 Å². The number of benzene rings is 4. The van der Waals surface area contributed by atoms with Gasteiger partial charge < -0.3 is 4.57 Å². The van der Waals surface area contributed by atoms with Crippen LogP contribution in [0.5, 0.6) is 0 Å². The number of fused-ring (bicyclic) bond motifs is 2. The number of carbonyl (C=O) groups is 2. The van der Waals surface area contributed by atoms with Crippen molar-refractivity contribution < 1.29 is 9.59 Å². The van der Waals surface area contributed by atoms with E-state index in [1.165, 1.54) is 4.90 Å². The van der Waals surface area contributed by atoms with E-state index in [0.717, 1.165) is 50.1 Å². The highest BCUT2D eigenvalue weighted by Gasteiger charge is 2.35. The Balaban J connectivity index is 1.34. The molecule has 182 valence electrons. The zero-order valence-electron chi connectivity index (χ0n) is 19.5. The Morgan fingerprint density at radius 1 is 0.757 bits per heavy atom. The Bertz CT molecular complexity index is 1720. The first-order valence-corrected chi connectivity index (χ1v) is 13.3. The van der Waals surface area contributed by atoms with Crippen molar-refractivity contribution in [1.29, 1.82) is 0 Å². The SMILES string of the molecule is O=C1S/C(=C\c2cn(Cc3c(Cl)cccc3Cl)c3ccccc23)C(=O)N1Cc1cccc2ccccc12. The average Bonchev–Trinajstić information content (AvgIpc) is 3.38. The maximum absolute atomic E-state index is 13.4. The molecule has 2 heterocycles. The van der Waals surface area contributed by atoms with Gasteiger partial charge in [0.25, 0.3) is 11.1 Å². The van der Waals surface area contributed by atoms with Gasteiger partial charge in [-0.05, 0) is 52.4 Å². The number of carbonyl (C=O) groups excluding carboxylic acids is 2. The van der Waals surface area contributed by atoms with Gasteiger partial charge in [-0.1, -0.05) is 89.9 Å². The number of rotatable bonds is 5. The van der Waals surface area contributed by atoms with Crippen molar-refractivity contribution in [1.82, 2.24) is 9.47 Å². The third-order valence-corrected chi connectivity index (χ3v) is 8.19. The summed E-state index contributed by atoms with van der Waals surface area (Å²) in [6, 6.07) is 27.3. The topological polar surface area (TPSA) is 42.3 Å². The Kier molecular flexibility index (Phi) is 6.29. The van der Waals surface area contributed by atoms with E-state index in [4.69, 9.17) is 23.2 Å². The van der Waals surface area contributed by atoms with Crippen molar-refractivity contribution in [2.75, 3.05) is 0 Å². The third kappa shape index (κ3) is 4.44. The second-order valence-electron chi connectivity index (χ2n) is 8.84. The van der Waals surface area contributed by atoms with Crippen LogP contribution in [-0.2, 0) is 17.9 Å². The van der Waals surface area contributed by atoms with Crippen molar-refractivity contribution in [2.24, 2.45) is 0 Å². The first kappa shape index (κ1) is 23.9. The molecule has 0 unspecified atom stereocenters. The lowest BCUT2D eigenvalue weighted by atomic mass is 10.0. The fourth-order valence-electron chi connectivity index (χ4n) is 4.75. The molecule has 0 saturated carbocycles. The van der Waals surface area contributed by atoms with Crippen molar-refractivity contribution in [3.05, 3.63) is 123 Å². The van der Waals surface area contributed by atoms with Gasteiger partial charge in [-0.3, -0.25) is 14.5 Å². The molecule has 0 atom stereocenters. The summed E-state index contributed by atoms with van der Waals surface area (Å²) in [7, 11) is 0. The predicted octanol–water partition coefficient (Wildman–Crippen LogP) is 8.39. The molecule has 7 heteroatoms. The molecule has 1 fully saturated rings. The summed E-state index contributed by atoms with van der Waals surface area (Å²) in [6.07, 6.45) is 3.78. The van der Waals surface area contributed by atoms with E-state index in [9.17, 15) is 9.59 Å². The number of imide groups is 1. The molecule has 1 aromatic heterocycles. The van der Waals surface area contributed by atoms with E-state index in [1.54, 1.807) is 6.08 Å². The van der Waals surface area contributed by atoms with Crippen LogP contribution >= 0.6 is 35.0 Å². The maximum Gasteiger partial charge on any atom is 0.293 e. The van der Waals surface area contributed by atoms with Gasteiger partial charge in [0.1, 0.15) is 0 Å². The largest absolute Gasteiger partial charge is 0.342 e. The predicted molar refractivity (Wildman–Crippen MR) is 153 cm³/mol. The second-order valence-corrected chi connectivity index (χ2v) is 10.6. The van der Waals surface area contributed by atoms with Gasteiger partial charge in [-0.25, -0.2) is 0 Å². The molecule has 6 rings (SSSR count). The van der Waals surface area contributed by atoms with Crippen molar-refractivity contribution >= 4 is 73.9 Å². The number of nitrogens with zero attached hydrogens (tertiary/aromatic N) is 2. The Labute approximate surface area is 228 Å². The third-order valence-electron chi connectivity index (χ3n) is 6.58. The minimum atomic E-state index is -0.283. The second kappa shape index (κ2) is 9.75. The molecule has 0 N–H and O–H groups in total. The summed E-state index contributed by atoms with van der Waals surface area (Å²) in [5.41, 5.74) is 3.61. The van der Waals surface area contributed by atoms with Crippen LogP contribution in [0.1, 0.15) is 16.7 Å². The van der Waals surface area contributed by atoms with E-state index in [0.29, 0.717) is 21.5 Å². The Morgan fingerprint density at radius 3 is 2.24 bits per heavy atom. The van der Waals surface area contributed by atoms with Gasteiger partial charge in [-0.15, -0.1) is 0 Å². The molecule has 0 bridgehead atoms. The summed E-state index contributed by atoms with van der Waals surface area (Å²) < 4.78 is 2.06. The number of hydrogen-bond acceptors (Lipinski definition) is 3. The summed E-state index contributed by atoms with van der Waals surface area (Å²) in [6.45, 7) is 0.714. The van der Waals surface area contributed by atoms with Crippen LogP contribution in [0.2, 0.25) is 10.0 Å². The standard InChI is InChI=1S/C30H20Cl2N2O2S/c31-25-12-6-13-26(32)24(25)18-33-16-21(23-11-3-4-14-27(23)33)15-28-29(35)34(30(36)37-28)17-20-9-5-8-19-7-1-2-10-22(19)20/h1-16H,17-18H2/b28-15-. The molecular weight excluding hydrogens is 523 g/mol. The van der Waals surface area contributed by atoms with Crippen LogP contribution in [0, 0.1) is 0 Å². The minimum Gasteiger partial charge on any atom is -0.342 e. The van der Waals surface area contributed by atoms with E-state index in [1.807, 2.05) is 91.1 Å². The number of hydrogen-bond donors (Lipinski definition) is 0. The van der Waals surface area contributed by atoms with Crippen LogP contribution in [-0.4, -0.2) is 20.6 Å². The molecule has 4 nitrogen and oxygen atoms in total. The normalized spacial score (nSPS) is 15.0. The Hall–Kier alpha value is -3.51. The average molecular weight is 543 g/mol. The minimum absolute atomic E-state index is 0.232. The molecule has 0 aliphatic carbocycles. The molecule has 0 radical (unpaired) electrons. The lowest BCUT2D eigenvalue weighted by Gasteiger charge is -2.14. The highest BCUT2D eigenvalue weighted by atomic mass is 35.5. The molecule has 5 aromatic rings.